The van der Waals surface area contributed by atoms with Gasteiger partial charge in [0, 0.05) is 12.1 Å². The molecule has 0 amide bonds. The molecule has 14 heavy (non-hydrogen) atoms. The summed E-state index contributed by atoms with van der Waals surface area (Å²) in [6.07, 6.45) is 0. The molecule has 0 atom stereocenters. The van der Waals surface area contributed by atoms with Gasteiger partial charge in [-0.15, -0.1) is 0 Å². The van der Waals surface area contributed by atoms with Crippen LogP contribution < -0.4 is 0 Å². The summed E-state index contributed by atoms with van der Waals surface area (Å²) >= 11 is 0. The SMILES string of the molecule is O.O=[N+]([O-])c1ccc(S(=O)(=O)O)cc1. The number of nitro groups is 1. The molecule has 0 aromatic heterocycles. The van der Waals surface area contributed by atoms with Gasteiger partial charge < -0.3 is 5.48 Å². The smallest absolute Gasteiger partial charge is 0.294 e. The van der Waals surface area contributed by atoms with Gasteiger partial charge in [-0.25, -0.2) is 0 Å². The van der Waals surface area contributed by atoms with Gasteiger partial charge in [-0.1, -0.05) is 0 Å². The zero-order valence-electron chi connectivity index (χ0n) is 6.75. The first-order chi connectivity index (χ1) is 5.91. The minimum atomic E-state index is -4.27. The Kier molecular flexibility index (Phi) is 3.69. The van der Waals surface area contributed by atoms with Gasteiger partial charge in [-0.2, -0.15) is 8.42 Å². The van der Waals surface area contributed by atoms with Crippen LogP contribution in [-0.2, 0) is 10.1 Å². The Morgan fingerprint density at radius 2 is 1.64 bits per heavy atom. The van der Waals surface area contributed by atoms with E-state index in [9.17, 15) is 18.5 Å². The predicted molar refractivity (Wildman–Crippen MR) is 46.5 cm³/mol. The second-order valence-corrected chi connectivity index (χ2v) is 3.65. The highest BCUT2D eigenvalue weighted by atomic mass is 32.2. The van der Waals surface area contributed by atoms with Crippen molar-refractivity contribution in [3.63, 3.8) is 0 Å². The zero-order chi connectivity index (χ0) is 10.1. The van der Waals surface area contributed by atoms with Crippen LogP contribution >= 0.6 is 0 Å². The Morgan fingerprint density at radius 1 is 1.21 bits per heavy atom. The summed E-state index contributed by atoms with van der Waals surface area (Å²) in [6.45, 7) is 0. The summed E-state index contributed by atoms with van der Waals surface area (Å²) < 4.78 is 29.5. The third-order valence-corrected chi connectivity index (χ3v) is 2.21. The zero-order valence-corrected chi connectivity index (χ0v) is 7.56. The van der Waals surface area contributed by atoms with Crippen molar-refractivity contribution in [2.75, 3.05) is 0 Å². The second kappa shape index (κ2) is 4.13. The molecule has 0 fully saturated rings. The molecule has 1 aromatic rings. The molecule has 3 N–H and O–H groups in total. The first-order valence-electron chi connectivity index (χ1n) is 3.13. The first-order valence-corrected chi connectivity index (χ1v) is 4.57. The van der Waals surface area contributed by atoms with E-state index in [0.717, 1.165) is 24.3 Å². The molecule has 7 nitrogen and oxygen atoms in total. The molecule has 0 unspecified atom stereocenters. The first kappa shape index (κ1) is 12.5. The Bertz CT molecular complexity index is 422. The van der Waals surface area contributed by atoms with Crippen molar-refractivity contribution < 1.29 is 23.4 Å². The van der Waals surface area contributed by atoms with E-state index in [1.165, 1.54) is 0 Å². The normalized spacial score (nSPS) is 10.4. The summed E-state index contributed by atoms with van der Waals surface area (Å²) in [6, 6.07) is 3.94. The van der Waals surface area contributed by atoms with E-state index in [1.54, 1.807) is 0 Å². The molecule has 0 saturated heterocycles. The van der Waals surface area contributed by atoms with Crippen LogP contribution in [0.2, 0.25) is 0 Å². The predicted octanol–water partition coefficient (Wildman–Crippen LogP) is 0.0168. The van der Waals surface area contributed by atoms with Crippen LogP contribution in [0, 0.1) is 10.1 Å². The summed E-state index contributed by atoms with van der Waals surface area (Å²) in [4.78, 5) is 9.13. The molecule has 0 spiro atoms. The average molecular weight is 221 g/mol. The number of nitro benzene ring substituents is 1. The summed E-state index contributed by atoms with van der Waals surface area (Å²) in [5.74, 6) is 0. The molecule has 0 aliphatic heterocycles. The van der Waals surface area contributed by atoms with E-state index < -0.39 is 15.0 Å². The van der Waals surface area contributed by atoms with Crippen molar-refractivity contribution >= 4 is 15.8 Å². The van der Waals surface area contributed by atoms with Crippen LogP contribution in [0.3, 0.4) is 0 Å². The van der Waals surface area contributed by atoms with Gasteiger partial charge in [0.25, 0.3) is 15.8 Å². The number of hydrogen-bond acceptors (Lipinski definition) is 4. The highest BCUT2D eigenvalue weighted by Gasteiger charge is 2.11. The number of hydrogen-bond donors (Lipinski definition) is 1. The lowest BCUT2D eigenvalue weighted by molar-refractivity contribution is -0.384. The lowest BCUT2D eigenvalue weighted by Crippen LogP contribution is -1.97. The van der Waals surface area contributed by atoms with Gasteiger partial charge in [0.05, 0.1) is 9.82 Å². The summed E-state index contributed by atoms with van der Waals surface area (Å²) in [5.41, 5.74) is -0.229. The maximum Gasteiger partial charge on any atom is 0.294 e. The van der Waals surface area contributed by atoms with Crippen molar-refractivity contribution in [3.05, 3.63) is 34.4 Å². The second-order valence-electron chi connectivity index (χ2n) is 2.23. The molecule has 0 aliphatic rings. The van der Waals surface area contributed by atoms with Gasteiger partial charge in [0.15, 0.2) is 0 Å². The fourth-order valence-corrected chi connectivity index (χ4v) is 1.22. The Hall–Kier alpha value is -1.51. The number of rotatable bonds is 2. The molecule has 1 aromatic carbocycles. The van der Waals surface area contributed by atoms with Crippen LogP contribution in [-0.4, -0.2) is 23.4 Å². The van der Waals surface area contributed by atoms with Crippen molar-refractivity contribution in [1.29, 1.82) is 0 Å². The third kappa shape index (κ3) is 2.76. The van der Waals surface area contributed by atoms with E-state index in [2.05, 4.69) is 0 Å². The minimum absolute atomic E-state index is 0. The minimum Gasteiger partial charge on any atom is -0.412 e. The molecule has 8 heteroatoms. The molecule has 1 rings (SSSR count). The highest BCUT2D eigenvalue weighted by molar-refractivity contribution is 7.85. The molecule has 0 radical (unpaired) electrons. The average Bonchev–Trinajstić information content (AvgIpc) is 2.03. The van der Waals surface area contributed by atoms with Crippen LogP contribution in [0.25, 0.3) is 0 Å². The molecular formula is C6H7NO6S. The fraction of sp³-hybridized carbons (Fsp3) is 0. The lowest BCUT2D eigenvalue weighted by Gasteiger charge is -1.94. The Balaban J connectivity index is 0.00000169. The van der Waals surface area contributed by atoms with Crippen molar-refractivity contribution in [3.8, 4) is 0 Å². The largest absolute Gasteiger partial charge is 0.412 e. The van der Waals surface area contributed by atoms with E-state index in [0.29, 0.717) is 0 Å². The summed E-state index contributed by atoms with van der Waals surface area (Å²) in [5, 5.41) is 10.2. The number of benzene rings is 1. The third-order valence-electron chi connectivity index (χ3n) is 1.35. The van der Waals surface area contributed by atoms with Crippen molar-refractivity contribution in [2.45, 2.75) is 4.90 Å². The van der Waals surface area contributed by atoms with Crippen LogP contribution in [0.1, 0.15) is 0 Å². The van der Waals surface area contributed by atoms with Gasteiger partial charge in [-0.05, 0) is 12.1 Å². The molecule has 0 saturated carbocycles. The molecule has 78 valence electrons. The highest BCUT2D eigenvalue weighted by Crippen LogP contribution is 2.14. The maximum absolute atomic E-state index is 10.5. The van der Waals surface area contributed by atoms with E-state index in [4.69, 9.17) is 4.55 Å². The monoisotopic (exact) mass is 221 g/mol. The quantitative estimate of drug-likeness (QED) is 0.427. The lowest BCUT2D eigenvalue weighted by atomic mass is 10.3. The van der Waals surface area contributed by atoms with E-state index in [1.807, 2.05) is 0 Å². The molecule has 0 aliphatic carbocycles. The van der Waals surface area contributed by atoms with Gasteiger partial charge >= 0.3 is 0 Å². The van der Waals surface area contributed by atoms with Crippen molar-refractivity contribution in [1.82, 2.24) is 0 Å². The topological polar surface area (TPSA) is 129 Å². The number of non-ortho nitro benzene ring substituents is 1. The van der Waals surface area contributed by atoms with Gasteiger partial charge in [-0.3, -0.25) is 14.7 Å². The Labute approximate surface area is 79.2 Å². The van der Waals surface area contributed by atoms with Gasteiger partial charge in [0.2, 0.25) is 0 Å². The molecular weight excluding hydrogens is 214 g/mol. The van der Waals surface area contributed by atoms with Crippen LogP contribution in [0.5, 0.6) is 0 Å². The standard InChI is InChI=1S/C6H5NO5S.H2O/c8-7(9)5-1-3-6(4-2-5)13(10,11)12;/h1-4H,(H,10,11,12);1H2. The van der Waals surface area contributed by atoms with E-state index >= 15 is 0 Å². The van der Waals surface area contributed by atoms with E-state index in [-0.39, 0.29) is 16.1 Å². The number of nitrogens with zero attached hydrogens (tertiary/aromatic N) is 1. The van der Waals surface area contributed by atoms with Crippen LogP contribution in [0.15, 0.2) is 29.2 Å². The summed E-state index contributed by atoms with van der Waals surface area (Å²) in [7, 11) is -4.27. The van der Waals surface area contributed by atoms with Crippen LogP contribution in [0.4, 0.5) is 5.69 Å². The van der Waals surface area contributed by atoms with Gasteiger partial charge in [0.1, 0.15) is 0 Å². The maximum atomic E-state index is 10.5. The van der Waals surface area contributed by atoms with Crippen molar-refractivity contribution in [2.24, 2.45) is 0 Å². The molecule has 0 bridgehead atoms. The molecule has 0 heterocycles. The fourth-order valence-electron chi connectivity index (χ4n) is 0.740. The Morgan fingerprint density at radius 3 is 1.93 bits per heavy atom.